The fourth-order valence-corrected chi connectivity index (χ4v) is 1.90. The first-order chi connectivity index (χ1) is 7.94. The summed E-state index contributed by atoms with van der Waals surface area (Å²) < 4.78 is 11.1. The van der Waals surface area contributed by atoms with Gasteiger partial charge < -0.3 is 9.47 Å². The maximum absolute atomic E-state index is 11.5. The van der Waals surface area contributed by atoms with Crippen molar-refractivity contribution in [3.8, 4) is 11.5 Å². The van der Waals surface area contributed by atoms with Crippen molar-refractivity contribution in [2.24, 2.45) is 0 Å². The van der Waals surface area contributed by atoms with E-state index in [9.17, 15) is 4.79 Å². The average Bonchev–Trinajstić information content (AvgIpc) is 2.26. The van der Waals surface area contributed by atoms with Gasteiger partial charge in [0.1, 0.15) is 5.60 Å². The number of ether oxygens (including phenoxy) is 2. The molecule has 1 heterocycles. The molecule has 90 valence electrons. The minimum Gasteiger partial charge on any atom is -0.493 e. The zero-order chi connectivity index (χ0) is 12.6. The molecule has 1 aromatic carbocycles. The second kappa shape index (κ2) is 3.91. The van der Waals surface area contributed by atoms with Gasteiger partial charge in [0.05, 0.1) is 7.11 Å². The van der Waals surface area contributed by atoms with Crippen molar-refractivity contribution in [2.75, 3.05) is 7.11 Å². The summed E-state index contributed by atoms with van der Waals surface area (Å²) in [5.74, 6) is 1.33. The van der Waals surface area contributed by atoms with E-state index in [0.29, 0.717) is 17.1 Å². The number of hydrogen-bond acceptors (Lipinski definition) is 3. The third-order valence-electron chi connectivity index (χ3n) is 2.78. The van der Waals surface area contributed by atoms with Crippen LogP contribution in [0, 0.1) is 0 Å². The number of methoxy groups -OCH3 is 1. The molecule has 0 aliphatic carbocycles. The van der Waals surface area contributed by atoms with Crippen molar-refractivity contribution in [1.29, 1.82) is 0 Å². The minimum absolute atomic E-state index is 0.0249. The number of hydrogen-bond donors (Lipinski definition) is 0. The zero-order valence-corrected chi connectivity index (χ0v) is 10.5. The first-order valence-electron chi connectivity index (χ1n) is 5.55. The Kier molecular flexibility index (Phi) is 2.69. The van der Waals surface area contributed by atoms with E-state index in [2.05, 4.69) is 0 Å². The second-order valence-corrected chi connectivity index (χ2v) is 4.65. The summed E-state index contributed by atoms with van der Waals surface area (Å²) in [4.78, 5) is 11.5. The number of benzene rings is 1. The van der Waals surface area contributed by atoms with Crippen LogP contribution < -0.4 is 9.47 Å². The minimum atomic E-state index is -0.379. The second-order valence-electron chi connectivity index (χ2n) is 4.65. The number of carbonyl (C=O) groups excluding carboxylic acids is 1. The van der Waals surface area contributed by atoms with Gasteiger partial charge in [-0.1, -0.05) is 6.08 Å². The topological polar surface area (TPSA) is 35.5 Å². The lowest BCUT2D eigenvalue weighted by Crippen LogP contribution is -2.28. The van der Waals surface area contributed by atoms with Gasteiger partial charge in [-0.3, -0.25) is 4.79 Å². The molecule has 0 aromatic heterocycles. The Morgan fingerprint density at radius 3 is 2.65 bits per heavy atom. The van der Waals surface area contributed by atoms with Crippen LogP contribution >= 0.6 is 0 Å². The summed E-state index contributed by atoms with van der Waals surface area (Å²) >= 11 is 0. The van der Waals surface area contributed by atoms with Crippen LogP contribution in [0.2, 0.25) is 0 Å². The molecule has 0 saturated heterocycles. The molecule has 0 spiro atoms. The molecule has 0 N–H and O–H groups in total. The highest BCUT2D eigenvalue weighted by Crippen LogP contribution is 2.40. The molecule has 1 aliphatic rings. The third-order valence-corrected chi connectivity index (χ3v) is 2.78. The largest absolute Gasteiger partial charge is 0.493 e. The molecule has 1 aromatic rings. The van der Waals surface area contributed by atoms with Crippen LogP contribution in [0.4, 0.5) is 0 Å². The molecule has 0 fully saturated rings. The lowest BCUT2D eigenvalue weighted by atomic mass is 9.96. The van der Waals surface area contributed by atoms with Crippen LogP contribution in [0.15, 0.2) is 18.2 Å². The Hall–Kier alpha value is -1.77. The van der Waals surface area contributed by atoms with Gasteiger partial charge in [0.15, 0.2) is 17.3 Å². The highest BCUT2D eigenvalue weighted by Gasteiger charge is 2.26. The van der Waals surface area contributed by atoms with Gasteiger partial charge in [0.25, 0.3) is 0 Å². The summed E-state index contributed by atoms with van der Waals surface area (Å²) in [7, 11) is 1.59. The smallest absolute Gasteiger partial charge is 0.170 e. The van der Waals surface area contributed by atoms with Crippen molar-refractivity contribution in [1.82, 2.24) is 0 Å². The normalized spacial score (nSPS) is 16.0. The number of fused-ring (bicyclic) bond motifs is 1. The molecule has 0 radical (unpaired) electrons. The maximum atomic E-state index is 11.5. The van der Waals surface area contributed by atoms with Crippen molar-refractivity contribution in [3.05, 3.63) is 29.3 Å². The summed E-state index contributed by atoms with van der Waals surface area (Å²) in [6.07, 6.45) is 3.87. The standard InChI is InChI=1S/C14H16O3/c1-9(15)10-5-6-12(16-4)13-11(10)7-8-14(2,3)17-13/h5-8H,1-4H3. The van der Waals surface area contributed by atoms with Crippen molar-refractivity contribution >= 4 is 11.9 Å². The SMILES string of the molecule is COc1ccc(C(C)=O)c2c1OC(C)(C)C=C2. The number of ketones is 1. The lowest BCUT2D eigenvalue weighted by Gasteiger charge is -2.29. The highest BCUT2D eigenvalue weighted by atomic mass is 16.5. The number of carbonyl (C=O) groups is 1. The first kappa shape index (κ1) is 11.7. The van der Waals surface area contributed by atoms with E-state index in [4.69, 9.17) is 9.47 Å². The van der Waals surface area contributed by atoms with Crippen molar-refractivity contribution < 1.29 is 14.3 Å². The molecule has 17 heavy (non-hydrogen) atoms. The molecule has 0 atom stereocenters. The summed E-state index contributed by atoms with van der Waals surface area (Å²) in [6.45, 7) is 5.48. The van der Waals surface area contributed by atoms with Gasteiger partial charge in [-0.25, -0.2) is 0 Å². The number of Topliss-reactive ketones (excluding diaryl/α,β-unsaturated/α-hetero) is 1. The highest BCUT2D eigenvalue weighted by molar-refractivity contribution is 5.99. The fourth-order valence-electron chi connectivity index (χ4n) is 1.90. The van der Waals surface area contributed by atoms with E-state index in [0.717, 1.165) is 5.56 Å². The first-order valence-corrected chi connectivity index (χ1v) is 5.55. The average molecular weight is 232 g/mol. The predicted octanol–water partition coefficient (Wildman–Crippen LogP) is 3.08. The van der Waals surface area contributed by atoms with Crippen LogP contribution in [0.1, 0.15) is 36.7 Å². The zero-order valence-electron chi connectivity index (χ0n) is 10.5. The summed E-state index contributed by atoms with van der Waals surface area (Å²) in [5, 5.41) is 0. The van der Waals surface area contributed by atoms with Crippen LogP contribution in [0.5, 0.6) is 11.5 Å². The van der Waals surface area contributed by atoms with Crippen molar-refractivity contribution in [2.45, 2.75) is 26.4 Å². The molecular formula is C14H16O3. The van der Waals surface area contributed by atoms with E-state index in [1.54, 1.807) is 26.2 Å². The van der Waals surface area contributed by atoms with Crippen molar-refractivity contribution in [3.63, 3.8) is 0 Å². The van der Waals surface area contributed by atoms with Gasteiger partial charge >= 0.3 is 0 Å². The van der Waals surface area contributed by atoms with Gasteiger partial charge in [0, 0.05) is 11.1 Å². The van der Waals surface area contributed by atoms with Gasteiger partial charge in [0.2, 0.25) is 0 Å². The van der Waals surface area contributed by atoms with E-state index in [1.807, 2.05) is 26.0 Å². The van der Waals surface area contributed by atoms with Gasteiger partial charge in [-0.15, -0.1) is 0 Å². The molecule has 0 saturated carbocycles. The molecular weight excluding hydrogens is 216 g/mol. The summed E-state index contributed by atoms with van der Waals surface area (Å²) in [5.41, 5.74) is 1.08. The van der Waals surface area contributed by atoms with Crippen LogP contribution in [-0.2, 0) is 0 Å². The molecule has 3 heteroatoms. The Bertz CT molecular complexity index is 498. The van der Waals surface area contributed by atoms with Crippen LogP contribution in [0.3, 0.4) is 0 Å². The van der Waals surface area contributed by atoms with E-state index < -0.39 is 0 Å². The molecule has 1 aliphatic heterocycles. The molecule has 0 bridgehead atoms. The van der Waals surface area contributed by atoms with Crippen LogP contribution in [0.25, 0.3) is 6.08 Å². The fraction of sp³-hybridized carbons (Fsp3) is 0.357. The number of rotatable bonds is 2. The Labute approximate surface area is 101 Å². The van der Waals surface area contributed by atoms with Gasteiger partial charge in [-0.05, 0) is 39.0 Å². The Morgan fingerprint density at radius 1 is 1.35 bits per heavy atom. The van der Waals surface area contributed by atoms with Gasteiger partial charge in [-0.2, -0.15) is 0 Å². The van der Waals surface area contributed by atoms with E-state index in [1.165, 1.54) is 0 Å². The van der Waals surface area contributed by atoms with Crippen LogP contribution in [-0.4, -0.2) is 18.5 Å². The maximum Gasteiger partial charge on any atom is 0.170 e. The molecule has 0 unspecified atom stereocenters. The molecule has 3 nitrogen and oxygen atoms in total. The van der Waals surface area contributed by atoms with E-state index in [-0.39, 0.29) is 11.4 Å². The monoisotopic (exact) mass is 232 g/mol. The Morgan fingerprint density at radius 2 is 2.06 bits per heavy atom. The summed E-state index contributed by atoms with van der Waals surface area (Å²) in [6, 6.07) is 3.54. The van der Waals surface area contributed by atoms with E-state index >= 15 is 0 Å². The Balaban J connectivity index is 2.64. The lowest BCUT2D eigenvalue weighted by molar-refractivity contribution is 0.101. The molecule has 0 amide bonds. The quantitative estimate of drug-likeness (QED) is 0.735. The predicted molar refractivity (Wildman–Crippen MR) is 66.7 cm³/mol. The molecule has 2 rings (SSSR count). The third kappa shape index (κ3) is 2.05.